The van der Waals surface area contributed by atoms with Gasteiger partial charge < -0.3 is 15.0 Å². The quantitative estimate of drug-likeness (QED) is 0.888. The molecular weight excluding hydrogens is 224 g/mol. The summed E-state index contributed by atoms with van der Waals surface area (Å²) in [5.41, 5.74) is 3.25. The van der Waals surface area contributed by atoms with Crippen molar-refractivity contribution in [1.29, 1.82) is 0 Å². The van der Waals surface area contributed by atoms with E-state index in [4.69, 9.17) is 4.74 Å². The largest absolute Gasteiger partial charge is 0.497 e. The van der Waals surface area contributed by atoms with Crippen LogP contribution in [0.1, 0.15) is 0 Å². The first kappa shape index (κ1) is 12.3. The van der Waals surface area contributed by atoms with Gasteiger partial charge in [0.15, 0.2) is 0 Å². The van der Waals surface area contributed by atoms with Crippen LogP contribution in [0.3, 0.4) is 0 Å². The molecule has 2 rings (SSSR count). The molecule has 3 heteroatoms. The van der Waals surface area contributed by atoms with Gasteiger partial charge in [-0.05, 0) is 30.3 Å². The summed E-state index contributed by atoms with van der Waals surface area (Å²) < 4.78 is 5.21. The second-order valence-electron chi connectivity index (χ2n) is 4.30. The molecule has 94 valence electrons. The van der Waals surface area contributed by atoms with E-state index in [-0.39, 0.29) is 0 Å². The molecular formula is C15H18N2O. The van der Waals surface area contributed by atoms with Crippen molar-refractivity contribution in [3.05, 3.63) is 48.5 Å². The predicted molar refractivity (Wildman–Crippen MR) is 77.0 cm³/mol. The van der Waals surface area contributed by atoms with Gasteiger partial charge in [0.05, 0.1) is 7.11 Å². The van der Waals surface area contributed by atoms with Crippen LogP contribution >= 0.6 is 0 Å². The summed E-state index contributed by atoms with van der Waals surface area (Å²) in [6.07, 6.45) is 0. The van der Waals surface area contributed by atoms with E-state index >= 15 is 0 Å². The number of ether oxygens (including phenoxy) is 1. The Morgan fingerprint density at radius 3 is 2.28 bits per heavy atom. The molecule has 3 nitrogen and oxygen atoms in total. The van der Waals surface area contributed by atoms with Gasteiger partial charge in [-0.3, -0.25) is 0 Å². The third kappa shape index (κ3) is 2.94. The van der Waals surface area contributed by atoms with Crippen LogP contribution in [0.15, 0.2) is 48.5 Å². The van der Waals surface area contributed by atoms with Crippen LogP contribution in [0.25, 0.3) is 0 Å². The van der Waals surface area contributed by atoms with Crippen LogP contribution in [0.5, 0.6) is 5.75 Å². The minimum atomic E-state index is 0.851. The number of hydrogen-bond acceptors (Lipinski definition) is 3. The molecule has 0 spiro atoms. The van der Waals surface area contributed by atoms with Crippen molar-refractivity contribution in [2.45, 2.75) is 0 Å². The smallest absolute Gasteiger partial charge is 0.120 e. The molecule has 0 aliphatic carbocycles. The molecule has 0 saturated heterocycles. The van der Waals surface area contributed by atoms with Crippen molar-refractivity contribution in [2.75, 3.05) is 31.4 Å². The summed E-state index contributed by atoms with van der Waals surface area (Å²) in [6, 6.07) is 16.2. The van der Waals surface area contributed by atoms with Gasteiger partial charge in [0.25, 0.3) is 0 Å². The van der Waals surface area contributed by atoms with Gasteiger partial charge >= 0.3 is 0 Å². The minimum Gasteiger partial charge on any atom is -0.497 e. The summed E-state index contributed by atoms with van der Waals surface area (Å²) in [7, 11) is 5.74. The lowest BCUT2D eigenvalue weighted by Gasteiger charge is -2.14. The lowest BCUT2D eigenvalue weighted by atomic mass is 10.2. The average Bonchev–Trinajstić information content (AvgIpc) is 2.39. The third-order valence-electron chi connectivity index (χ3n) is 2.72. The van der Waals surface area contributed by atoms with E-state index in [1.54, 1.807) is 7.11 Å². The van der Waals surface area contributed by atoms with Gasteiger partial charge in [0, 0.05) is 37.2 Å². The molecule has 0 amide bonds. The standard InChI is InChI=1S/C15H18N2O/c1-17(2)14-8-4-6-12(10-14)16-13-7-5-9-15(11-13)18-3/h4-11,16H,1-3H3. The second-order valence-corrected chi connectivity index (χ2v) is 4.30. The zero-order valence-corrected chi connectivity index (χ0v) is 11.0. The Kier molecular flexibility index (Phi) is 3.72. The molecule has 0 unspecified atom stereocenters. The highest BCUT2D eigenvalue weighted by molar-refractivity contribution is 5.65. The molecule has 0 aliphatic rings. The lowest BCUT2D eigenvalue weighted by Crippen LogP contribution is -2.08. The number of hydrogen-bond donors (Lipinski definition) is 1. The van der Waals surface area contributed by atoms with Crippen molar-refractivity contribution < 1.29 is 4.74 Å². The van der Waals surface area contributed by atoms with E-state index in [1.165, 1.54) is 5.69 Å². The maximum Gasteiger partial charge on any atom is 0.120 e. The van der Waals surface area contributed by atoms with E-state index in [1.807, 2.05) is 50.5 Å². The predicted octanol–water partition coefficient (Wildman–Crippen LogP) is 3.50. The zero-order valence-electron chi connectivity index (χ0n) is 11.0. The molecule has 0 radical (unpaired) electrons. The summed E-state index contributed by atoms with van der Waals surface area (Å²) in [6.45, 7) is 0. The van der Waals surface area contributed by atoms with Gasteiger partial charge in [-0.25, -0.2) is 0 Å². The van der Waals surface area contributed by atoms with Gasteiger partial charge in [-0.15, -0.1) is 0 Å². The molecule has 2 aromatic carbocycles. The van der Waals surface area contributed by atoms with E-state index in [0.717, 1.165) is 17.1 Å². The molecule has 0 aliphatic heterocycles. The molecule has 0 bridgehead atoms. The Bertz CT molecular complexity index is 523. The Morgan fingerprint density at radius 1 is 0.944 bits per heavy atom. The van der Waals surface area contributed by atoms with Gasteiger partial charge in [-0.2, -0.15) is 0 Å². The summed E-state index contributed by atoms with van der Waals surface area (Å²) in [5.74, 6) is 0.851. The number of methoxy groups -OCH3 is 1. The van der Waals surface area contributed by atoms with Crippen molar-refractivity contribution in [1.82, 2.24) is 0 Å². The van der Waals surface area contributed by atoms with Gasteiger partial charge in [0.1, 0.15) is 5.75 Å². The van der Waals surface area contributed by atoms with Crippen molar-refractivity contribution in [3.8, 4) is 5.75 Å². The molecule has 1 N–H and O–H groups in total. The number of nitrogens with zero attached hydrogens (tertiary/aromatic N) is 1. The van der Waals surface area contributed by atoms with Crippen LogP contribution < -0.4 is 15.0 Å². The van der Waals surface area contributed by atoms with Crippen LogP contribution in [-0.4, -0.2) is 21.2 Å². The first-order valence-corrected chi connectivity index (χ1v) is 5.87. The molecule has 0 fully saturated rings. The summed E-state index contributed by atoms with van der Waals surface area (Å²) in [4.78, 5) is 2.08. The van der Waals surface area contributed by atoms with Crippen LogP contribution in [0, 0.1) is 0 Å². The Hall–Kier alpha value is -2.16. The maximum atomic E-state index is 5.21. The Morgan fingerprint density at radius 2 is 1.61 bits per heavy atom. The SMILES string of the molecule is COc1cccc(Nc2cccc(N(C)C)c2)c1. The number of rotatable bonds is 4. The highest BCUT2D eigenvalue weighted by atomic mass is 16.5. The molecule has 0 atom stereocenters. The summed E-state index contributed by atoms with van der Waals surface area (Å²) >= 11 is 0. The second kappa shape index (κ2) is 5.45. The molecule has 2 aromatic rings. The Labute approximate surface area is 108 Å². The molecule has 0 heterocycles. The first-order valence-electron chi connectivity index (χ1n) is 5.87. The topological polar surface area (TPSA) is 24.5 Å². The van der Waals surface area contributed by atoms with E-state index in [2.05, 4.69) is 22.3 Å². The number of nitrogens with one attached hydrogen (secondary N) is 1. The van der Waals surface area contributed by atoms with Gasteiger partial charge in [0.2, 0.25) is 0 Å². The summed E-state index contributed by atoms with van der Waals surface area (Å²) in [5, 5.41) is 3.37. The average molecular weight is 242 g/mol. The van der Waals surface area contributed by atoms with E-state index in [0.29, 0.717) is 0 Å². The maximum absolute atomic E-state index is 5.21. The van der Waals surface area contributed by atoms with Crippen LogP contribution in [-0.2, 0) is 0 Å². The van der Waals surface area contributed by atoms with Crippen molar-refractivity contribution >= 4 is 17.1 Å². The molecule has 18 heavy (non-hydrogen) atoms. The first-order chi connectivity index (χ1) is 8.69. The van der Waals surface area contributed by atoms with E-state index in [9.17, 15) is 0 Å². The Balaban J connectivity index is 2.20. The third-order valence-corrected chi connectivity index (χ3v) is 2.72. The molecule has 0 saturated carbocycles. The number of benzene rings is 2. The fourth-order valence-corrected chi connectivity index (χ4v) is 1.73. The van der Waals surface area contributed by atoms with Crippen molar-refractivity contribution in [2.24, 2.45) is 0 Å². The van der Waals surface area contributed by atoms with Crippen LogP contribution in [0.4, 0.5) is 17.1 Å². The lowest BCUT2D eigenvalue weighted by molar-refractivity contribution is 0.415. The fourth-order valence-electron chi connectivity index (χ4n) is 1.73. The highest BCUT2D eigenvalue weighted by Crippen LogP contribution is 2.23. The normalized spacial score (nSPS) is 9.94. The zero-order chi connectivity index (χ0) is 13.0. The molecule has 0 aromatic heterocycles. The number of anilines is 3. The van der Waals surface area contributed by atoms with Crippen molar-refractivity contribution in [3.63, 3.8) is 0 Å². The van der Waals surface area contributed by atoms with E-state index < -0.39 is 0 Å². The van der Waals surface area contributed by atoms with Gasteiger partial charge in [-0.1, -0.05) is 12.1 Å². The fraction of sp³-hybridized carbons (Fsp3) is 0.200. The monoisotopic (exact) mass is 242 g/mol. The van der Waals surface area contributed by atoms with Crippen LogP contribution in [0.2, 0.25) is 0 Å². The minimum absolute atomic E-state index is 0.851. The highest BCUT2D eigenvalue weighted by Gasteiger charge is 1.99.